The number of carbonyl (C=O) groups excluding carboxylic acids is 2. The molecule has 14 heavy (non-hydrogen) atoms. The lowest BCUT2D eigenvalue weighted by atomic mass is 9.84. The second kappa shape index (κ2) is 5.10. The first-order valence-electron chi connectivity index (χ1n) is 4.97. The summed E-state index contributed by atoms with van der Waals surface area (Å²) in [5.41, 5.74) is 0. The lowest BCUT2D eigenvalue weighted by Crippen LogP contribution is -2.36. The summed E-state index contributed by atoms with van der Waals surface area (Å²) in [5.74, 6) is -1.81. The summed E-state index contributed by atoms with van der Waals surface area (Å²) < 4.78 is 4.28. The molecule has 0 aromatic rings. The summed E-state index contributed by atoms with van der Waals surface area (Å²) in [5, 5.41) is 9.59. The second-order valence-corrected chi connectivity index (χ2v) is 3.70. The highest BCUT2D eigenvalue weighted by atomic mass is 16.5. The van der Waals surface area contributed by atoms with Gasteiger partial charge < -0.3 is 9.84 Å². The Kier molecular flexibility index (Phi) is 4.07. The van der Waals surface area contributed by atoms with Crippen molar-refractivity contribution < 1.29 is 19.4 Å². The highest BCUT2D eigenvalue weighted by Crippen LogP contribution is 2.26. The molecular formula is C10H16O4. The van der Waals surface area contributed by atoms with E-state index in [0.717, 1.165) is 39.2 Å². The average Bonchev–Trinajstić information content (AvgIpc) is 2.27. The van der Waals surface area contributed by atoms with Gasteiger partial charge in [-0.1, -0.05) is 19.3 Å². The largest absolute Gasteiger partial charge is 0.463 e. The molecule has 1 aliphatic carbocycles. The van der Waals surface area contributed by atoms with Crippen molar-refractivity contribution in [3.05, 3.63) is 0 Å². The molecule has 1 fully saturated rings. The molecule has 0 heterocycles. The number of rotatable bonds is 3. The molecule has 0 radical (unpaired) electrons. The van der Waals surface area contributed by atoms with Gasteiger partial charge in [-0.25, -0.2) is 4.79 Å². The predicted molar refractivity (Wildman–Crippen MR) is 49.6 cm³/mol. The SMILES string of the molecule is COC(=O)C(=O)C(O)C1CCCCC1. The summed E-state index contributed by atoms with van der Waals surface area (Å²) in [6.07, 6.45) is 3.68. The molecule has 0 spiro atoms. The summed E-state index contributed by atoms with van der Waals surface area (Å²) in [6.45, 7) is 0. The number of ether oxygens (including phenoxy) is 1. The Morgan fingerprint density at radius 2 is 1.86 bits per heavy atom. The molecule has 80 valence electrons. The van der Waals surface area contributed by atoms with E-state index in [0.29, 0.717) is 0 Å². The van der Waals surface area contributed by atoms with Gasteiger partial charge in [-0.2, -0.15) is 0 Å². The smallest absolute Gasteiger partial charge is 0.377 e. The molecule has 1 atom stereocenters. The first-order chi connectivity index (χ1) is 6.66. The lowest BCUT2D eigenvalue weighted by molar-refractivity contribution is -0.157. The number of esters is 1. The number of hydrogen-bond donors (Lipinski definition) is 1. The van der Waals surface area contributed by atoms with Crippen molar-refractivity contribution in [2.24, 2.45) is 5.92 Å². The molecule has 1 saturated carbocycles. The summed E-state index contributed by atoms with van der Waals surface area (Å²) in [7, 11) is 1.15. The Morgan fingerprint density at radius 3 is 2.36 bits per heavy atom. The van der Waals surface area contributed by atoms with Crippen LogP contribution >= 0.6 is 0 Å². The van der Waals surface area contributed by atoms with Gasteiger partial charge in [0, 0.05) is 0 Å². The Bertz CT molecular complexity index is 218. The number of aliphatic hydroxyl groups excluding tert-OH is 1. The first-order valence-corrected chi connectivity index (χ1v) is 4.97. The van der Waals surface area contributed by atoms with E-state index in [2.05, 4.69) is 4.74 Å². The molecule has 1 aliphatic rings. The van der Waals surface area contributed by atoms with Crippen LogP contribution in [0, 0.1) is 5.92 Å². The van der Waals surface area contributed by atoms with Crippen LogP contribution in [-0.4, -0.2) is 30.1 Å². The van der Waals surface area contributed by atoms with Gasteiger partial charge in [-0.05, 0) is 18.8 Å². The van der Waals surface area contributed by atoms with E-state index in [1.165, 1.54) is 0 Å². The third kappa shape index (κ3) is 2.54. The van der Waals surface area contributed by atoms with Crippen molar-refractivity contribution in [1.82, 2.24) is 0 Å². The normalized spacial score (nSPS) is 20.1. The van der Waals surface area contributed by atoms with Gasteiger partial charge >= 0.3 is 5.97 Å². The maximum absolute atomic E-state index is 11.2. The van der Waals surface area contributed by atoms with Gasteiger partial charge in [0.2, 0.25) is 0 Å². The van der Waals surface area contributed by atoms with Gasteiger partial charge in [0.05, 0.1) is 7.11 Å². The van der Waals surface area contributed by atoms with Gasteiger partial charge in [0.1, 0.15) is 6.10 Å². The van der Waals surface area contributed by atoms with E-state index in [4.69, 9.17) is 0 Å². The Morgan fingerprint density at radius 1 is 1.29 bits per heavy atom. The van der Waals surface area contributed by atoms with Crippen LogP contribution in [-0.2, 0) is 14.3 Å². The van der Waals surface area contributed by atoms with E-state index in [-0.39, 0.29) is 5.92 Å². The molecule has 4 nitrogen and oxygen atoms in total. The van der Waals surface area contributed by atoms with Gasteiger partial charge in [0.25, 0.3) is 5.78 Å². The standard InChI is InChI=1S/C10H16O4/c1-14-10(13)9(12)8(11)7-5-3-2-4-6-7/h7-8,11H,2-6H2,1H3. The number of carbonyl (C=O) groups is 2. The molecule has 0 saturated heterocycles. The minimum Gasteiger partial charge on any atom is -0.463 e. The Hall–Kier alpha value is -0.900. The summed E-state index contributed by atoms with van der Waals surface area (Å²) in [6, 6.07) is 0. The minimum absolute atomic E-state index is 0.0599. The fourth-order valence-electron chi connectivity index (χ4n) is 1.89. The Balaban J connectivity index is 2.50. The highest BCUT2D eigenvalue weighted by molar-refractivity contribution is 6.35. The van der Waals surface area contributed by atoms with Crippen molar-refractivity contribution in [1.29, 1.82) is 0 Å². The van der Waals surface area contributed by atoms with E-state index >= 15 is 0 Å². The quantitative estimate of drug-likeness (QED) is 0.537. The van der Waals surface area contributed by atoms with Crippen LogP contribution in [0.5, 0.6) is 0 Å². The minimum atomic E-state index is -1.16. The molecule has 0 aromatic heterocycles. The molecule has 1 rings (SSSR count). The zero-order chi connectivity index (χ0) is 10.6. The highest BCUT2D eigenvalue weighted by Gasteiger charge is 2.31. The van der Waals surface area contributed by atoms with Crippen molar-refractivity contribution in [2.75, 3.05) is 7.11 Å². The van der Waals surface area contributed by atoms with Gasteiger partial charge in [-0.15, -0.1) is 0 Å². The van der Waals surface area contributed by atoms with Crippen LogP contribution in [0.15, 0.2) is 0 Å². The molecule has 4 heteroatoms. The maximum Gasteiger partial charge on any atom is 0.377 e. The van der Waals surface area contributed by atoms with E-state index in [9.17, 15) is 14.7 Å². The molecule has 0 aromatic carbocycles. The number of Topliss-reactive ketones (excluding diaryl/α,β-unsaturated/α-hetero) is 1. The van der Waals surface area contributed by atoms with Crippen molar-refractivity contribution in [3.8, 4) is 0 Å². The number of aliphatic hydroxyl groups is 1. The zero-order valence-corrected chi connectivity index (χ0v) is 8.36. The van der Waals surface area contributed by atoms with Gasteiger partial charge in [-0.3, -0.25) is 4.79 Å². The number of methoxy groups -OCH3 is 1. The van der Waals surface area contributed by atoms with Crippen LogP contribution in [0.1, 0.15) is 32.1 Å². The molecule has 0 bridgehead atoms. The Labute approximate surface area is 83.2 Å². The van der Waals surface area contributed by atoms with Crippen LogP contribution in [0.4, 0.5) is 0 Å². The molecule has 1 N–H and O–H groups in total. The van der Waals surface area contributed by atoms with E-state index < -0.39 is 17.9 Å². The lowest BCUT2D eigenvalue weighted by Gasteiger charge is -2.24. The topological polar surface area (TPSA) is 63.6 Å². The monoisotopic (exact) mass is 200 g/mol. The third-order valence-corrected chi connectivity index (χ3v) is 2.75. The fourth-order valence-corrected chi connectivity index (χ4v) is 1.89. The average molecular weight is 200 g/mol. The zero-order valence-electron chi connectivity index (χ0n) is 8.36. The molecular weight excluding hydrogens is 184 g/mol. The van der Waals surface area contributed by atoms with Crippen molar-refractivity contribution in [3.63, 3.8) is 0 Å². The van der Waals surface area contributed by atoms with Crippen LogP contribution in [0.3, 0.4) is 0 Å². The number of hydrogen-bond acceptors (Lipinski definition) is 4. The van der Waals surface area contributed by atoms with Crippen LogP contribution in [0.2, 0.25) is 0 Å². The predicted octanol–water partition coefficient (Wildman–Crippen LogP) is 0.670. The third-order valence-electron chi connectivity index (χ3n) is 2.75. The van der Waals surface area contributed by atoms with Gasteiger partial charge in [0.15, 0.2) is 0 Å². The van der Waals surface area contributed by atoms with E-state index in [1.54, 1.807) is 0 Å². The van der Waals surface area contributed by atoms with E-state index in [1.807, 2.05) is 0 Å². The number of ketones is 1. The molecule has 0 aliphatic heterocycles. The fraction of sp³-hybridized carbons (Fsp3) is 0.800. The molecule has 1 unspecified atom stereocenters. The molecule has 0 amide bonds. The van der Waals surface area contributed by atoms with Crippen molar-refractivity contribution in [2.45, 2.75) is 38.2 Å². The van der Waals surface area contributed by atoms with Crippen LogP contribution < -0.4 is 0 Å². The second-order valence-electron chi connectivity index (χ2n) is 3.70. The first kappa shape index (κ1) is 11.2. The maximum atomic E-state index is 11.2. The van der Waals surface area contributed by atoms with Crippen molar-refractivity contribution >= 4 is 11.8 Å². The summed E-state index contributed by atoms with van der Waals surface area (Å²) in [4.78, 5) is 22.1. The van der Waals surface area contributed by atoms with Crippen LogP contribution in [0.25, 0.3) is 0 Å². The summed E-state index contributed by atoms with van der Waals surface area (Å²) >= 11 is 0.